The summed E-state index contributed by atoms with van der Waals surface area (Å²) in [6, 6.07) is 8.02. The van der Waals surface area contributed by atoms with Crippen LogP contribution in [0.15, 0.2) is 36.5 Å². The molecule has 20 heavy (non-hydrogen) atoms. The summed E-state index contributed by atoms with van der Waals surface area (Å²) in [6.45, 7) is 1.56. The molecule has 0 bridgehead atoms. The maximum absolute atomic E-state index is 12.3. The first-order valence-electron chi connectivity index (χ1n) is 5.90. The van der Waals surface area contributed by atoms with Gasteiger partial charge in [0.05, 0.1) is 11.3 Å². The predicted octanol–water partition coefficient (Wildman–Crippen LogP) is 1.76. The maximum atomic E-state index is 12.3. The van der Waals surface area contributed by atoms with E-state index in [-0.39, 0.29) is 17.2 Å². The van der Waals surface area contributed by atoms with Crippen LogP contribution in [0.2, 0.25) is 0 Å². The lowest BCUT2D eigenvalue weighted by Crippen LogP contribution is -2.28. The van der Waals surface area contributed by atoms with E-state index in [0.717, 1.165) is 0 Å². The van der Waals surface area contributed by atoms with Crippen LogP contribution in [0.5, 0.6) is 0 Å². The average molecular weight is 271 g/mol. The van der Waals surface area contributed by atoms with Crippen molar-refractivity contribution in [1.29, 1.82) is 0 Å². The van der Waals surface area contributed by atoms with Gasteiger partial charge in [-0.15, -0.1) is 0 Å². The molecule has 0 unspecified atom stereocenters. The molecule has 0 spiro atoms. The number of hydrogen-bond acceptors (Lipinski definition) is 4. The minimum atomic E-state index is -1.06. The summed E-state index contributed by atoms with van der Waals surface area (Å²) in [5.74, 6) is -0.907. The standard InChI is InChI=1S/C14H13N3O3/c1-9-10(14(19)20)6-7-11(16-9)13(18)17(2)12-5-3-4-8-15-12/h3-8H,1-2H3,(H,19,20). The number of aromatic nitrogens is 2. The van der Waals surface area contributed by atoms with E-state index in [2.05, 4.69) is 9.97 Å². The van der Waals surface area contributed by atoms with Crippen molar-refractivity contribution < 1.29 is 14.7 Å². The lowest BCUT2D eigenvalue weighted by molar-refractivity contribution is 0.0695. The van der Waals surface area contributed by atoms with Crippen LogP contribution in [0.1, 0.15) is 26.5 Å². The van der Waals surface area contributed by atoms with E-state index in [0.29, 0.717) is 11.5 Å². The smallest absolute Gasteiger partial charge is 0.337 e. The van der Waals surface area contributed by atoms with Crippen LogP contribution in [0.25, 0.3) is 0 Å². The van der Waals surface area contributed by atoms with Crippen LogP contribution in [0.4, 0.5) is 5.82 Å². The van der Waals surface area contributed by atoms with Crippen molar-refractivity contribution in [3.63, 3.8) is 0 Å². The summed E-state index contributed by atoms with van der Waals surface area (Å²) in [5, 5.41) is 8.94. The molecule has 0 atom stereocenters. The zero-order valence-electron chi connectivity index (χ0n) is 11.1. The van der Waals surface area contributed by atoms with E-state index in [1.54, 1.807) is 38.4 Å². The third-order valence-electron chi connectivity index (χ3n) is 2.83. The normalized spacial score (nSPS) is 10.1. The molecule has 0 aliphatic rings. The summed E-state index contributed by atoms with van der Waals surface area (Å²) >= 11 is 0. The fourth-order valence-electron chi connectivity index (χ4n) is 1.73. The number of aromatic carboxylic acids is 1. The predicted molar refractivity (Wildman–Crippen MR) is 72.9 cm³/mol. The van der Waals surface area contributed by atoms with Crippen molar-refractivity contribution in [2.24, 2.45) is 0 Å². The first-order chi connectivity index (χ1) is 9.50. The molecule has 0 fully saturated rings. The molecule has 0 aliphatic heterocycles. The Labute approximate surface area is 115 Å². The lowest BCUT2D eigenvalue weighted by Gasteiger charge is -2.15. The SMILES string of the molecule is Cc1nc(C(=O)N(C)c2ccccn2)ccc1C(=O)O. The van der Waals surface area contributed by atoms with Gasteiger partial charge in [-0.05, 0) is 31.2 Å². The van der Waals surface area contributed by atoms with Crippen molar-refractivity contribution in [3.05, 3.63) is 53.5 Å². The summed E-state index contributed by atoms with van der Waals surface area (Å²) < 4.78 is 0. The van der Waals surface area contributed by atoms with Gasteiger partial charge >= 0.3 is 5.97 Å². The van der Waals surface area contributed by atoms with Gasteiger partial charge in [-0.1, -0.05) is 6.07 Å². The molecule has 2 aromatic heterocycles. The van der Waals surface area contributed by atoms with Gasteiger partial charge in [0.15, 0.2) is 0 Å². The van der Waals surface area contributed by atoms with E-state index in [1.807, 2.05) is 0 Å². The molecular formula is C14H13N3O3. The van der Waals surface area contributed by atoms with Crippen LogP contribution in [-0.4, -0.2) is 34.0 Å². The second-order valence-corrected chi connectivity index (χ2v) is 4.19. The van der Waals surface area contributed by atoms with Gasteiger partial charge in [0.1, 0.15) is 11.5 Å². The zero-order chi connectivity index (χ0) is 14.7. The van der Waals surface area contributed by atoms with Crippen molar-refractivity contribution >= 4 is 17.7 Å². The van der Waals surface area contributed by atoms with E-state index >= 15 is 0 Å². The number of amides is 1. The number of pyridine rings is 2. The number of rotatable bonds is 3. The average Bonchev–Trinajstić information content (AvgIpc) is 2.46. The third kappa shape index (κ3) is 2.64. The first-order valence-corrected chi connectivity index (χ1v) is 5.90. The first kappa shape index (κ1) is 13.7. The van der Waals surface area contributed by atoms with E-state index in [1.165, 1.54) is 17.0 Å². The maximum Gasteiger partial charge on any atom is 0.337 e. The molecule has 1 amide bonds. The molecule has 2 aromatic rings. The fraction of sp³-hybridized carbons (Fsp3) is 0.143. The number of carboxylic acids is 1. The Morgan fingerprint density at radius 3 is 2.50 bits per heavy atom. The lowest BCUT2D eigenvalue weighted by atomic mass is 10.2. The molecule has 0 aromatic carbocycles. The summed E-state index contributed by atoms with van der Waals surface area (Å²) in [4.78, 5) is 32.6. The molecule has 6 nitrogen and oxygen atoms in total. The number of anilines is 1. The monoisotopic (exact) mass is 271 g/mol. The Morgan fingerprint density at radius 1 is 1.20 bits per heavy atom. The number of hydrogen-bond donors (Lipinski definition) is 1. The number of carboxylic acid groups (broad SMARTS) is 1. The van der Waals surface area contributed by atoms with E-state index in [4.69, 9.17) is 5.11 Å². The minimum Gasteiger partial charge on any atom is -0.478 e. The largest absolute Gasteiger partial charge is 0.478 e. The van der Waals surface area contributed by atoms with Crippen LogP contribution in [0, 0.1) is 6.92 Å². The zero-order valence-corrected chi connectivity index (χ0v) is 11.1. The second kappa shape index (κ2) is 5.48. The minimum absolute atomic E-state index is 0.0852. The molecule has 6 heteroatoms. The van der Waals surface area contributed by atoms with Gasteiger partial charge in [-0.3, -0.25) is 9.69 Å². The molecule has 1 N–H and O–H groups in total. The van der Waals surface area contributed by atoms with Crippen molar-refractivity contribution in [3.8, 4) is 0 Å². The Balaban J connectivity index is 2.30. The molecule has 102 valence electrons. The molecule has 2 heterocycles. The Morgan fingerprint density at radius 2 is 1.95 bits per heavy atom. The molecule has 0 saturated heterocycles. The van der Waals surface area contributed by atoms with Gasteiger partial charge < -0.3 is 5.11 Å². The highest BCUT2D eigenvalue weighted by Gasteiger charge is 2.17. The van der Waals surface area contributed by atoms with E-state index in [9.17, 15) is 9.59 Å². The quantitative estimate of drug-likeness (QED) is 0.919. The van der Waals surface area contributed by atoms with Gasteiger partial charge in [0.2, 0.25) is 0 Å². The molecular weight excluding hydrogens is 258 g/mol. The van der Waals surface area contributed by atoms with Crippen molar-refractivity contribution in [1.82, 2.24) is 9.97 Å². The highest BCUT2D eigenvalue weighted by atomic mass is 16.4. The van der Waals surface area contributed by atoms with Crippen LogP contribution >= 0.6 is 0 Å². The fourth-order valence-corrected chi connectivity index (χ4v) is 1.73. The molecule has 2 rings (SSSR count). The summed E-state index contributed by atoms with van der Waals surface area (Å²) in [6.07, 6.45) is 1.59. The highest BCUT2D eigenvalue weighted by Crippen LogP contribution is 2.13. The van der Waals surface area contributed by atoms with Gasteiger partial charge in [-0.25, -0.2) is 14.8 Å². The number of carbonyl (C=O) groups excluding carboxylic acids is 1. The van der Waals surface area contributed by atoms with Crippen LogP contribution in [-0.2, 0) is 0 Å². The molecule has 0 aliphatic carbocycles. The van der Waals surface area contributed by atoms with Crippen molar-refractivity contribution in [2.45, 2.75) is 6.92 Å². The summed E-state index contributed by atoms with van der Waals surface area (Å²) in [5.41, 5.74) is 0.570. The molecule has 0 radical (unpaired) electrons. The topological polar surface area (TPSA) is 83.4 Å². The Kier molecular flexibility index (Phi) is 3.74. The van der Waals surface area contributed by atoms with Gasteiger partial charge in [-0.2, -0.15) is 0 Å². The number of nitrogens with zero attached hydrogens (tertiary/aromatic N) is 3. The Hall–Kier alpha value is -2.76. The molecule has 0 saturated carbocycles. The van der Waals surface area contributed by atoms with Crippen molar-refractivity contribution in [2.75, 3.05) is 11.9 Å². The highest BCUT2D eigenvalue weighted by molar-refractivity contribution is 6.04. The van der Waals surface area contributed by atoms with E-state index < -0.39 is 5.97 Å². The Bertz CT molecular complexity index is 656. The number of aryl methyl sites for hydroxylation is 1. The number of carbonyl (C=O) groups is 2. The third-order valence-corrected chi connectivity index (χ3v) is 2.83. The van der Waals surface area contributed by atoms with Gasteiger partial charge in [0.25, 0.3) is 5.91 Å². The van der Waals surface area contributed by atoms with Crippen LogP contribution < -0.4 is 4.90 Å². The second-order valence-electron chi connectivity index (χ2n) is 4.19. The summed E-state index contributed by atoms with van der Waals surface area (Å²) in [7, 11) is 1.59. The van der Waals surface area contributed by atoms with Crippen LogP contribution in [0.3, 0.4) is 0 Å². The van der Waals surface area contributed by atoms with Gasteiger partial charge in [0, 0.05) is 13.2 Å².